The van der Waals surface area contributed by atoms with Crippen LogP contribution in [0.4, 0.5) is 8.78 Å². The Morgan fingerprint density at radius 3 is 1.63 bits per heavy atom. The van der Waals surface area contributed by atoms with E-state index >= 15 is 0 Å². The number of hydrogen-bond acceptors (Lipinski definition) is 1. The summed E-state index contributed by atoms with van der Waals surface area (Å²) < 4.78 is 31.2. The second-order valence-corrected chi connectivity index (χ2v) is 14.5. The molecule has 2 aromatic heterocycles. The van der Waals surface area contributed by atoms with E-state index in [1.807, 2.05) is 18.2 Å². The van der Waals surface area contributed by atoms with E-state index in [-0.39, 0.29) is 11.6 Å². The Bertz CT molecular complexity index is 3160. The van der Waals surface area contributed by atoms with Gasteiger partial charge in [0.2, 0.25) is 0 Å². The minimum Gasteiger partial charge on any atom is -0.309 e. The number of pyridine rings is 1. The molecule has 252 valence electrons. The fourth-order valence-electron chi connectivity index (χ4n) is 9.79. The quantitative estimate of drug-likeness (QED) is 0.165. The molecule has 0 saturated carbocycles. The second-order valence-electron chi connectivity index (χ2n) is 14.5. The Morgan fingerprint density at radius 2 is 0.981 bits per heavy atom. The summed E-state index contributed by atoms with van der Waals surface area (Å²) >= 11 is 0. The average Bonchev–Trinajstić information content (AvgIpc) is 3.81. The first-order valence-electron chi connectivity index (χ1n) is 18.3. The van der Waals surface area contributed by atoms with Crippen molar-refractivity contribution in [2.75, 3.05) is 0 Å². The third kappa shape index (κ3) is 3.74. The van der Waals surface area contributed by atoms with E-state index in [0.29, 0.717) is 10.8 Å². The number of nitrogens with zero attached hydrogens (tertiary/aromatic N) is 2. The van der Waals surface area contributed by atoms with Gasteiger partial charge in [-0.3, -0.25) is 0 Å². The maximum Gasteiger partial charge on any atom is 0.123 e. The zero-order chi connectivity index (χ0) is 35.7. The van der Waals surface area contributed by atoms with Crippen LogP contribution in [0.15, 0.2) is 170 Å². The minimum atomic E-state index is -0.451. The van der Waals surface area contributed by atoms with Crippen molar-refractivity contribution in [3.8, 4) is 39.2 Å². The number of para-hydroxylation sites is 1. The Hall–Kier alpha value is -6.91. The molecule has 0 amide bonds. The van der Waals surface area contributed by atoms with Crippen molar-refractivity contribution in [2.45, 2.75) is 5.41 Å². The number of aromatic nitrogens is 2. The third-order valence-corrected chi connectivity index (χ3v) is 11.9. The van der Waals surface area contributed by atoms with Crippen LogP contribution in [0, 0.1) is 11.6 Å². The Balaban J connectivity index is 1.16. The smallest absolute Gasteiger partial charge is 0.123 e. The first-order chi connectivity index (χ1) is 26.6. The fourth-order valence-corrected chi connectivity index (χ4v) is 9.79. The van der Waals surface area contributed by atoms with Gasteiger partial charge in [-0.15, -0.1) is 0 Å². The van der Waals surface area contributed by atoms with E-state index in [4.69, 9.17) is 4.98 Å². The number of halogens is 2. The maximum absolute atomic E-state index is 14.6. The molecule has 2 nitrogen and oxygen atoms in total. The van der Waals surface area contributed by atoms with Gasteiger partial charge in [0.05, 0.1) is 27.7 Å². The maximum atomic E-state index is 14.6. The normalized spacial score (nSPS) is 13.5. The lowest BCUT2D eigenvalue weighted by Crippen LogP contribution is -2.25. The van der Waals surface area contributed by atoms with Gasteiger partial charge in [0.15, 0.2) is 0 Å². The molecule has 10 aromatic rings. The largest absolute Gasteiger partial charge is 0.309 e. The molecule has 12 rings (SSSR count). The molecule has 54 heavy (non-hydrogen) atoms. The van der Waals surface area contributed by atoms with Crippen LogP contribution in [-0.2, 0) is 5.41 Å². The molecule has 0 N–H and O–H groups in total. The molecular weight excluding hydrogens is 667 g/mol. The van der Waals surface area contributed by atoms with Crippen molar-refractivity contribution in [2.24, 2.45) is 0 Å². The molecular formula is C50H28F2N2. The van der Waals surface area contributed by atoms with Gasteiger partial charge in [0, 0.05) is 32.8 Å². The van der Waals surface area contributed by atoms with Gasteiger partial charge in [-0.25, -0.2) is 13.8 Å². The van der Waals surface area contributed by atoms with Gasteiger partial charge in [-0.1, -0.05) is 103 Å². The summed E-state index contributed by atoms with van der Waals surface area (Å²) in [6.45, 7) is 0. The van der Waals surface area contributed by atoms with Crippen LogP contribution >= 0.6 is 0 Å². The topological polar surface area (TPSA) is 17.8 Å². The van der Waals surface area contributed by atoms with Crippen molar-refractivity contribution in [3.05, 3.63) is 204 Å². The first-order valence-corrected chi connectivity index (χ1v) is 18.3. The zero-order valence-electron chi connectivity index (χ0n) is 28.8. The molecule has 0 aliphatic heterocycles. The molecule has 2 aliphatic carbocycles. The third-order valence-electron chi connectivity index (χ3n) is 11.9. The highest BCUT2D eigenvalue weighted by Crippen LogP contribution is 2.63. The minimum absolute atomic E-state index is 0.355. The van der Waals surface area contributed by atoms with Crippen LogP contribution < -0.4 is 0 Å². The highest BCUT2D eigenvalue weighted by Gasteiger charge is 2.51. The summed E-state index contributed by atoms with van der Waals surface area (Å²) in [5.74, 6) is -0.710. The van der Waals surface area contributed by atoms with Crippen molar-refractivity contribution in [1.29, 1.82) is 0 Å². The number of rotatable bonds is 2. The number of hydrogen-bond donors (Lipinski definition) is 0. The Labute approximate surface area is 309 Å². The van der Waals surface area contributed by atoms with E-state index in [1.165, 1.54) is 68.8 Å². The molecule has 2 aliphatic rings. The van der Waals surface area contributed by atoms with Crippen LogP contribution in [0.3, 0.4) is 0 Å². The second kappa shape index (κ2) is 10.6. The lowest BCUT2D eigenvalue weighted by molar-refractivity contribution is 0.628. The monoisotopic (exact) mass is 694 g/mol. The van der Waals surface area contributed by atoms with Crippen LogP contribution in [0.2, 0.25) is 0 Å². The van der Waals surface area contributed by atoms with Crippen molar-refractivity contribution >= 4 is 43.5 Å². The van der Waals surface area contributed by atoms with Gasteiger partial charge in [-0.2, -0.15) is 0 Å². The molecule has 2 heterocycles. The van der Waals surface area contributed by atoms with Crippen molar-refractivity contribution in [3.63, 3.8) is 0 Å². The van der Waals surface area contributed by atoms with Crippen LogP contribution in [0.25, 0.3) is 82.7 Å². The van der Waals surface area contributed by atoms with E-state index in [9.17, 15) is 8.78 Å². The van der Waals surface area contributed by atoms with Crippen LogP contribution in [-0.4, -0.2) is 9.55 Å². The summed E-state index contributed by atoms with van der Waals surface area (Å²) in [4.78, 5) is 5.38. The predicted octanol–water partition coefficient (Wildman–Crippen LogP) is 12.8. The van der Waals surface area contributed by atoms with Gasteiger partial charge >= 0.3 is 0 Å². The highest BCUT2D eigenvalue weighted by molar-refractivity contribution is 6.14. The molecule has 8 aromatic carbocycles. The van der Waals surface area contributed by atoms with Crippen LogP contribution in [0.5, 0.6) is 0 Å². The number of fused-ring (bicyclic) bond motifs is 16. The lowest BCUT2D eigenvalue weighted by atomic mass is 9.70. The standard InChI is InChI=1S/C50H28F2N2/c51-30-20-22-47-39(25-30)40-26-31(52)21-23-48(40)54(47)32-11-9-10-29(24-32)49-41-27-38-35-14-3-7-18-44(35)50(45(38)28-37(41)36-15-4-8-19-46(36)53-49)42-16-5-1-12-33(42)34-13-2-6-17-43(34)50/h1-28H. The molecule has 0 saturated heterocycles. The summed E-state index contributed by atoms with van der Waals surface area (Å²) in [5, 5.41) is 4.66. The van der Waals surface area contributed by atoms with E-state index in [0.717, 1.165) is 49.7 Å². The summed E-state index contributed by atoms with van der Waals surface area (Å²) in [6.07, 6.45) is 0. The van der Waals surface area contributed by atoms with E-state index in [1.54, 1.807) is 12.1 Å². The van der Waals surface area contributed by atoms with Crippen LogP contribution in [0.1, 0.15) is 22.3 Å². The molecule has 0 unspecified atom stereocenters. The summed E-state index contributed by atoms with van der Waals surface area (Å²) in [6, 6.07) is 57.7. The first kappa shape index (κ1) is 29.6. The van der Waals surface area contributed by atoms with Crippen molar-refractivity contribution < 1.29 is 8.78 Å². The van der Waals surface area contributed by atoms with Gasteiger partial charge < -0.3 is 4.57 Å². The summed E-state index contributed by atoms with van der Waals surface area (Å²) in [7, 11) is 0. The molecule has 0 atom stereocenters. The van der Waals surface area contributed by atoms with Gasteiger partial charge in [0.1, 0.15) is 11.6 Å². The molecule has 0 fully saturated rings. The molecule has 0 radical (unpaired) electrons. The number of benzene rings is 8. The van der Waals surface area contributed by atoms with Crippen molar-refractivity contribution in [1.82, 2.24) is 9.55 Å². The van der Waals surface area contributed by atoms with E-state index < -0.39 is 5.41 Å². The average molecular weight is 695 g/mol. The Kier molecular flexibility index (Phi) is 5.81. The lowest BCUT2D eigenvalue weighted by Gasteiger charge is -2.30. The predicted molar refractivity (Wildman–Crippen MR) is 215 cm³/mol. The zero-order valence-corrected chi connectivity index (χ0v) is 28.8. The van der Waals surface area contributed by atoms with Gasteiger partial charge in [-0.05, 0) is 117 Å². The Morgan fingerprint density at radius 1 is 0.407 bits per heavy atom. The van der Waals surface area contributed by atoms with Gasteiger partial charge in [0.25, 0.3) is 0 Å². The highest BCUT2D eigenvalue weighted by atomic mass is 19.1. The SMILES string of the molecule is Fc1ccc2c(c1)c1cc(F)ccc1n2-c1cccc(-c2nc3ccccc3c3cc4c(cc23)-c2ccccc2C42c3ccccc3-c3ccccc32)c1. The molecule has 1 spiro atoms. The molecule has 4 heteroatoms. The fraction of sp³-hybridized carbons (Fsp3) is 0.0200. The molecule has 0 bridgehead atoms. The van der Waals surface area contributed by atoms with E-state index in [2.05, 4.69) is 120 Å². The summed E-state index contributed by atoms with van der Waals surface area (Å²) in [5.41, 5.74) is 15.0.